The molecule has 7 heteroatoms. The molecule has 1 aromatic carbocycles. The number of hydrogen-bond acceptors (Lipinski definition) is 3. The molecule has 0 fully saturated rings. The standard InChI is InChI=1S/C7H5BClFO4/c9-4-2-1-3(8(13)14)6(10)5(4)7(11)12/h1-2,13-14H,(H,11,12). The van der Waals surface area contributed by atoms with Crippen molar-refractivity contribution in [1.82, 2.24) is 0 Å². The highest BCUT2D eigenvalue weighted by molar-refractivity contribution is 6.59. The number of benzene rings is 1. The van der Waals surface area contributed by atoms with E-state index < -0.39 is 29.9 Å². The molecule has 0 aliphatic carbocycles. The third-order valence-corrected chi connectivity index (χ3v) is 1.93. The fraction of sp³-hybridized carbons (Fsp3) is 0. The Labute approximate surface area is 83.7 Å². The van der Waals surface area contributed by atoms with E-state index in [0.717, 1.165) is 12.1 Å². The minimum absolute atomic E-state index is 0.292. The lowest BCUT2D eigenvalue weighted by Crippen LogP contribution is -2.34. The Morgan fingerprint density at radius 1 is 1.43 bits per heavy atom. The number of carboxylic acids is 1. The molecule has 0 aliphatic heterocycles. The van der Waals surface area contributed by atoms with E-state index in [9.17, 15) is 9.18 Å². The summed E-state index contributed by atoms with van der Waals surface area (Å²) in [5.41, 5.74) is -1.29. The lowest BCUT2D eigenvalue weighted by Gasteiger charge is -2.05. The summed E-state index contributed by atoms with van der Waals surface area (Å²) in [5.74, 6) is -2.80. The highest BCUT2D eigenvalue weighted by Crippen LogP contribution is 2.17. The molecule has 0 spiro atoms. The van der Waals surface area contributed by atoms with Gasteiger partial charge in [0.05, 0.1) is 5.02 Å². The lowest BCUT2D eigenvalue weighted by atomic mass is 9.79. The van der Waals surface area contributed by atoms with E-state index in [1.54, 1.807) is 0 Å². The fourth-order valence-electron chi connectivity index (χ4n) is 0.964. The number of aromatic carboxylic acids is 1. The number of carbonyl (C=O) groups is 1. The van der Waals surface area contributed by atoms with Gasteiger partial charge in [0.2, 0.25) is 0 Å². The van der Waals surface area contributed by atoms with Gasteiger partial charge in [0.25, 0.3) is 0 Å². The predicted molar refractivity (Wildman–Crippen MR) is 48.2 cm³/mol. The zero-order valence-electron chi connectivity index (χ0n) is 6.74. The van der Waals surface area contributed by atoms with Gasteiger partial charge in [-0.15, -0.1) is 0 Å². The van der Waals surface area contributed by atoms with Crippen LogP contribution in [0.1, 0.15) is 10.4 Å². The maximum Gasteiger partial charge on any atom is 0.491 e. The molecule has 0 aliphatic rings. The summed E-state index contributed by atoms with van der Waals surface area (Å²) >= 11 is 5.42. The van der Waals surface area contributed by atoms with Gasteiger partial charge in [-0.05, 0) is 6.07 Å². The topological polar surface area (TPSA) is 77.8 Å². The summed E-state index contributed by atoms with van der Waals surface area (Å²) in [4.78, 5) is 10.5. The van der Waals surface area contributed by atoms with E-state index in [0.29, 0.717) is 0 Å². The average molecular weight is 218 g/mol. The monoisotopic (exact) mass is 218 g/mol. The maximum absolute atomic E-state index is 13.2. The second-order valence-electron chi connectivity index (χ2n) is 2.50. The fourth-order valence-corrected chi connectivity index (χ4v) is 1.19. The van der Waals surface area contributed by atoms with Crippen LogP contribution in [0.4, 0.5) is 4.39 Å². The van der Waals surface area contributed by atoms with Gasteiger partial charge >= 0.3 is 13.1 Å². The molecule has 0 unspecified atom stereocenters. The van der Waals surface area contributed by atoms with Crippen molar-refractivity contribution in [3.8, 4) is 0 Å². The molecule has 0 atom stereocenters. The van der Waals surface area contributed by atoms with Crippen LogP contribution in [0, 0.1) is 5.82 Å². The first kappa shape index (κ1) is 11.0. The Morgan fingerprint density at radius 3 is 2.43 bits per heavy atom. The molecule has 74 valence electrons. The number of carboxylic acid groups (broad SMARTS) is 1. The van der Waals surface area contributed by atoms with Gasteiger partial charge in [0, 0.05) is 5.46 Å². The summed E-state index contributed by atoms with van der Waals surface area (Å²) in [6, 6.07) is 2.09. The van der Waals surface area contributed by atoms with Crippen molar-refractivity contribution in [1.29, 1.82) is 0 Å². The molecule has 0 radical (unpaired) electrons. The molecule has 0 saturated carbocycles. The summed E-state index contributed by atoms with van der Waals surface area (Å²) in [7, 11) is -2.06. The smallest absolute Gasteiger partial charge is 0.478 e. The number of hydrogen-bond donors (Lipinski definition) is 3. The van der Waals surface area contributed by atoms with Crippen molar-refractivity contribution in [2.24, 2.45) is 0 Å². The predicted octanol–water partition coefficient (Wildman–Crippen LogP) is -0.143. The normalized spacial score (nSPS) is 10.0. The van der Waals surface area contributed by atoms with Gasteiger partial charge in [-0.2, -0.15) is 0 Å². The molecule has 3 N–H and O–H groups in total. The van der Waals surface area contributed by atoms with Gasteiger partial charge in [-0.1, -0.05) is 17.7 Å². The van der Waals surface area contributed by atoms with E-state index in [-0.39, 0.29) is 5.02 Å². The van der Waals surface area contributed by atoms with Crippen molar-refractivity contribution in [2.75, 3.05) is 0 Å². The molecule has 0 aromatic heterocycles. The van der Waals surface area contributed by atoms with Crippen LogP contribution in [0.2, 0.25) is 5.02 Å². The quantitative estimate of drug-likeness (QED) is 0.604. The Hall–Kier alpha value is -1.11. The van der Waals surface area contributed by atoms with Gasteiger partial charge in [-0.3, -0.25) is 0 Å². The second-order valence-corrected chi connectivity index (χ2v) is 2.91. The molecule has 0 heterocycles. The summed E-state index contributed by atoms with van der Waals surface area (Å²) in [5, 5.41) is 25.6. The highest BCUT2D eigenvalue weighted by Gasteiger charge is 2.24. The minimum Gasteiger partial charge on any atom is -0.478 e. The molecule has 1 rings (SSSR count). The Kier molecular flexibility index (Phi) is 3.10. The van der Waals surface area contributed by atoms with Crippen LogP contribution in [0.3, 0.4) is 0 Å². The number of rotatable bonds is 2. The summed E-state index contributed by atoms with van der Waals surface area (Å²) in [6.07, 6.45) is 0. The first-order valence-electron chi connectivity index (χ1n) is 3.52. The Balaban J connectivity index is 3.41. The second kappa shape index (κ2) is 3.95. The van der Waals surface area contributed by atoms with Gasteiger partial charge in [0.15, 0.2) is 0 Å². The maximum atomic E-state index is 13.2. The zero-order valence-corrected chi connectivity index (χ0v) is 7.49. The van der Waals surface area contributed by atoms with Crippen LogP contribution >= 0.6 is 11.6 Å². The Morgan fingerprint density at radius 2 is 2.00 bits per heavy atom. The van der Waals surface area contributed by atoms with Crippen LogP contribution in [0.15, 0.2) is 12.1 Å². The highest BCUT2D eigenvalue weighted by atomic mass is 35.5. The van der Waals surface area contributed by atoms with E-state index in [2.05, 4.69) is 0 Å². The minimum atomic E-state index is -2.06. The van der Waals surface area contributed by atoms with Crippen LogP contribution in [0.25, 0.3) is 0 Å². The van der Waals surface area contributed by atoms with Gasteiger partial charge in [0.1, 0.15) is 11.4 Å². The van der Waals surface area contributed by atoms with E-state index in [1.807, 2.05) is 0 Å². The van der Waals surface area contributed by atoms with E-state index in [1.165, 1.54) is 0 Å². The van der Waals surface area contributed by atoms with Gasteiger partial charge in [-0.25, -0.2) is 9.18 Å². The molecule has 1 aromatic rings. The average Bonchev–Trinajstić information content (AvgIpc) is 2.02. The molecule has 4 nitrogen and oxygen atoms in total. The van der Waals surface area contributed by atoms with Crippen LogP contribution < -0.4 is 5.46 Å². The molecule has 0 amide bonds. The van der Waals surface area contributed by atoms with Crippen molar-refractivity contribution in [3.05, 3.63) is 28.5 Å². The molecule has 14 heavy (non-hydrogen) atoms. The largest absolute Gasteiger partial charge is 0.491 e. The summed E-state index contributed by atoms with van der Waals surface area (Å²) < 4.78 is 13.2. The molecular formula is C7H5BClFO4. The summed E-state index contributed by atoms with van der Waals surface area (Å²) in [6.45, 7) is 0. The van der Waals surface area contributed by atoms with Crippen LogP contribution in [-0.4, -0.2) is 28.2 Å². The van der Waals surface area contributed by atoms with Crippen molar-refractivity contribution >= 4 is 30.2 Å². The first-order chi connectivity index (χ1) is 6.45. The Bertz CT molecular complexity index is 382. The molecule has 0 bridgehead atoms. The third kappa shape index (κ3) is 1.87. The molecular weight excluding hydrogens is 213 g/mol. The van der Waals surface area contributed by atoms with Crippen molar-refractivity contribution in [2.45, 2.75) is 0 Å². The van der Waals surface area contributed by atoms with Crippen LogP contribution in [-0.2, 0) is 0 Å². The lowest BCUT2D eigenvalue weighted by molar-refractivity contribution is 0.0692. The van der Waals surface area contributed by atoms with Crippen molar-refractivity contribution in [3.63, 3.8) is 0 Å². The third-order valence-electron chi connectivity index (χ3n) is 1.61. The van der Waals surface area contributed by atoms with E-state index in [4.69, 9.17) is 26.8 Å². The number of halogens is 2. The first-order valence-corrected chi connectivity index (χ1v) is 3.90. The van der Waals surface area contributed by atoms with E-state index >= 15 is 0 Å². The van der Waals surface area contributed by atoms with Crippen molar-refractivity contribution < 1.29 is 24.3 Å². The SMILES string of the molecule is O=C(O)c1c(Cl)ccc(B(O)O)c1F. The molecule has 0 saturated heterocycles. The van der Waals surface area contributed by atoms with Crippen LogP contribution in [0.5, 0.6) is 0 Å². The zero-order chi connectivity index (χ0) is 10.9. The van der Waals surface area contributed by atoms with Gasteiger partial charge < -0.3 is 15.2 Å².